The quantitative estimate of drug-likeness (QED) is 0.748. The molecule has 1 N–H and O–H groups in total. The Kier molecular flexibility index (Phi) is 6.70. The maximum absolute atomic E-state index is 12.5. The normalized spacial score (nSPS) is 16.7. The number of likely N-dealkylation sites (tertiary alicyclic amines) is 1. The number of sulfonamides is 1. The molecule has 26 heavy (non-hydrogen) atoms. The Balaban J connectivity index is 1.65. The van der Waals surface area contributed by atoms with Gasteiger partial charge in [-0.25, -0.2) is 13.1 Å². The van der Waals surface area contributed by atoms with Crippen LogP contribution in [0.3, 0.4) is 0 Å². The number of rotatable bonds is 8. The fourth-order valence-electron chi connectivity index (χ4n) is 3.42. The second-order valence-electron chi connectivity index (χ2n) is 6.79. The topological polar surface area (TPSA) is 49.4 Å². The van der Waals surface area contributed by atoms with Crippen LogP contribution in [0.1, 0.15) is 24.0 Å². The summed E-state index contributed by atoms with van der Waals surface area (Å²) >= 11 is 6.10. The summed E-state index contributed by atoms with van der Waals surface area (Å²) in [6.07, 6.45) is 3.20. The molecular weight excluding hydrogens is 368 g/mol. The zero-order chi connectivity index (χ0) is 18.4. The molecule has 0 saturated carbocycles. The Morgan fingerprint density at radius 1 is 1.00 bits per heavy atom. The van der Waals surface area contributed by atoms with Crippen LogP contribution in [0.2, 0.25) is 5.02 Å². The molecule has 0 spiro atoms. The molecule has 1 fully saturated rings. The molecule has 1 atom stereocenters. The van der Waals surface area contributed by atoms with Crippen molar-refractivity contribution in [3.05, 3.63) is 70.7 Å². The summed E-state index contributed by atoms with van der Waals surface area (Å²) in [5, 5.41) is 0.484. The van der Waals surface area contributed by atoms with E-state index in [0.717, 1.165) is 19.5 Å². The van der Waals surface area contributed by atoms with Crippen LogP contribution in [0.5, 0.6) is 0 Å². The first-order valence-electron chi connectivity index (χ1n) is 9.02. The highest BCUT2D eigenvalue weighted by atomic mass is 35.5. The van der Waals surface area contributed by atoms with E-state index < -0.39 is 10.0 Å². The highest BCUT2D eigenvalue weighted by molar-refractivity contribution is 7.88. The van der Waals surface area contributed by atoms with Crippen molar-refractivity contribution in [2.45, 2.75) is 31.1 Å². The van der Waals surface area contributed by atoms with Gasteiger partial charge in [-0.05, 0) is 49.5 Å². The van der Waals surface area contributed by atoms with Gasteiger partial charge in [0.1, 0.15) is 0 Å². The lowest BCUT2D eigenvalue weighted by Gasteiger charge is -2.28. The number of benzene rings is 2. The Bertz CT molecular complexity index is 806. The van der Waals surface area contributed by atoms with E-state index in [1.54, 1.807) is 24.3 Å². The van der Waals surface area contributed by atoms with Gasteiger partial charge in [0.2, 0.25) is 10.0 Å². The molecule has 0 aromatic heterocycles. The van der Waals surface area contributed by atoms with Crippen LogP contribution in [-0.4, -0.2) is 39.0 Å². The number of nitrogens with zero attached hydrogens (tertiary/aromatic N) is 1. The van der Waals surface area contributed by atoms with E-state index in [1.807, 2.05) is 18.2 Å². The standard InChI is InChI=1S/C20H25ClN2O2S/c21-20-11-5-4-10-18(20)16-26(24,25)22-15-19(23-12-6-7-13-23)14-17-8-2-1-3-9-17/h1-5,8-11,19,22H,6-7,12-16H2. The predicted octanol–water partition coefficient (Wildman–Crippen LogP) is 3.47. The van der Waals surface area contributed by atoms with Crippen LogP contribution in [0.25, 0.3) is 0 Å². The van der Waals surface area contributed by atoms with E-state index in [2.05, 4.69) is 21.8 Å². The Morgan fingerprint density at radius 3 is 2.35 bits per heavy atom. The molecule has 1 heterocycles. The fourth-order valence-corrected chi connectivity index (χ4v) is 4.91. The van der Waals surface area contributed by atoms with Gasteiger partial charge in [-0.3, -0.25) is 4.90 Å². The molecule has 0 aliphatic carbocycles. The van der Waals surface area contributed by atoms with Crippen LogP contribution >= 0.6 is 11.6 Å². The third-order valence-corrected chi connectivity index (χ3v) is 6.48. The largest absolute Gasteiger partial charge is 0.299 e. The van der Waals surface area contributed by atoms with E-state index in [1.165, 1.54) is 18.4 Å². The fraction of sp³-hybridized carbons (Fsp3) is 0.400. The molecular formula is C20H25ClN2O2S. The molecule has 0 bridgehead atoms. The van der Waals surface area contributed by atoms with Crippen molar-refractivity contribution < 1.29 is 8.42 Å². The zero-order valence-corrected chi connectivity index (χ0v) is 16.3. The summed E-state index contributed by atoms with van der Waals surface area (Å²) in [4.78, 5) is 2.39. The van der Waals surface area contributed by atoms with Gasteiger partial charge < -0.3 is 0 Å². The second kappa shape index (κ2) is 9.00. The van der Waals surface area contributed by atoms with Gasteiger partial charge in [0.15, 0.2) is 0 Å². The highest BCUT2D eigenvalue weighted by Crippen LogP contribution is 2.18. The SMILES string of the molecule is O=S(=O)(Cc1ccccc1Cl)NCC(Cc1ccccc1)N1CCCC1. The summed E-state index contributed by atoms with van der Waals surface area (Å²) in [6.45, 7) is 2.48. The molecule has 0 radical (unpaired) electrons. The third-order valence-electron chi connectivity index (χ3n) is 4.81. The van der Waals surface area contributed by atoms with E-state index in [4.69, 9.17) is 11.6 Å². The first kappa shape index (κ1) is 19.4. The molecule has 1 unspecified atom stereocenters. The van der Waals surface area contributed by atoms with Crippen LogP contribution in [0.15, 0.2) is 54.6 Å². The monoisotopic (exact) mass is 392 g/mol. The van der Waals surface area contributed by atoms with Crippen molar-refractivity contribution in [2.75, 3.05) is 19.6 Å². The van der Waals surface area contributed by atoms with Crippen LogP contribution in [-0.2, 0) is 22.2 Å². The average Bonchev–Trinajstić information content (AvgIpc) is 3.16. The van der Waals surface area contributed by atoms with Gasteiger partial charge in [0.25, 0.3) is 0 Å². The highest BCUT2D eigenvalue weighted by Gasteiger charge is 2.24. The second-order valence-corrected chi connectivity index (χ2v) is 9.00. The molecule has 3 rings (SSSR count). The van der Waals surface area contributed by atoms with E-state index >= 15 is 0 Å². The van der Waals surface area contributed by atoms with Crippen molar-refractivity contribution in [3.63, 3.8) is 0 Å². The van der Waals surface area contributed by atoms with Crippen molar-refractivity contribution >= 4 is 21.6 Å². The van der Waals surface area contributed by atoms with Crippen LogP contribution in [0, 0.1) is 0 Å². The molecule has 140 valence electrons. The summed E-state index contributed by atoms with van der Waals surface area (Å²) in [5.41, 5.74) is 1.86. The number of hydrogen-bond acceptors (Lipinski definition) is 3. The minimum atomic E-state index is -3.44. The minimum absolute atomic E-state index is 0.0925. The molecule has 6 heteroatoms. The number of hydrogen-bond donors (Lipinski definition) is 1. The Morgan fingerprint density at radius 2 is 1.65 bits per heavy atom. The number of nitrogens with one attached hydrogen (secondary N) is 1. The third kappa shape index (κ3) is 5.55. The summed E-state index contributed by atoms with van der Waals surface area (Å²) in [7, 11) is -3.44. The lowest BCUT2D eigenvalue weighted by atomic mass is 10.1. The average molecular weight is 393 g/mol. The lowest BCUT2D eigenvalue weighted by molar-refractivity contribution is 0.241. The Hall–Kier alpha value is -1.40. The van der Waals surface area contributed by atoms with Gasteiger partial charge in [-0.15, -0.1) is 0 Å². The summed E-state index contributed by atoms with van der Waals surface area (Å²) in [5.74, 6) is -0.0925. The van der Waals surface area contributed by atoms with Gasteiger partial charge in [0.05, 0.1) is 5.75 Å². The van der Waals surface area contributed by atoms with Gasteiger partial charge in [-0.2, -0.15) is 0 Å². The molecule has 2 aromatic rings. The van der Waals surface area contributed by atoms with E-state index in [9.17, 15) is 8.42 Å². The van der Waals surface area contributed by atoms with Crippen LogP contribution in [0.4, 0.5) is 0 Å². The van der Waals surface area contributed by atoms with Gasteiger partial charge in [0, 0.05) is 17.6 Å². The molecule has 4 nitrogen and oxygen atoms in total. The molecule has 1 saturated heterocycles. The van der Waals surface area contributed by atoms with Crippen LogP contribution < -0.4 is 4.72 Å². The van der Waals surface area contributed by atoms with Crippen molar-refractivity contribution in [2.24, 2.45) is 0 Å². The van der Waals surface area contributed by atoms with Crippen molar-refractivity contribution in [3.8, 4) is 0 Å². The molecule has 0 amide bonds. The molecule has 1 aliphatic heterocycles. The molecule has 1 aliphatic rings. The zero-order valence-electron chi connectivity index (χ0n) is 14.8. The van der Waals surface area contributed by atoms with E-state index in [0.29, 0.717) is 17.1 Å². The van der Waals surface area contributed by atoms with Crippen molar-refractivity contribution in [1.29, 1.82) is 0 Å². The smallest absolute Gasteiger partial charge is 0.215 e. The van der Waals surface area contributed by atoms with E-state index in [-0.39, 0.29) is 11.8 Å². The maximum atomic E-state index is 12.5. The minimum Gasteiger partial charge on any atom is -0.299 e. The van der Waals surface area contributed by atoms with Crippen molar-refractivity contribution in [1.82, 2.24) is 9.62 Å². The first-order chi connectivity index (χ1) is 12.5. The number of halogens is 1. The predicted molar refractivity (Wildman–Crippen MR) is 107 cm³/mol. The maximum Gasteiger partial charge on any atom is 0.215 e. The summed E-state index contributed by atoms with van der Waals surface area (Å²) < 4.78 is 27.9. The summed E-state index contributed by atoms with van der Waals surface area (Å²) in [6, 6.07) is 17.5. The van der Waals surface area contributed by atoms with Gasteiger partial charge >= 0.3 is 0 Å². The Labute approximate surface area is 161 Å². The lowest BCUT2D eigenvalue weighted by Crippen LogP contribution is -2.44. The van der Waals surface area contributed by atoms with Gasteiger partial charge in [-0.1, -0.05) is 60.1 Å². The molecule has 2 aromatic carbocycles. The first-order valence-corrected chi connectivity index (χ1v) is 11.1.